The van der Waals surface area contributed by atoms with Gasteiger partial charge < -0.3 is 10.2 Å². The van der Waals surface area contributed by atoms with Gasteiger partial charge in [-0.15, -0.1) is 0 Å². The van der Waals surface area contributed by atoms with Gasteiger partial charge in [-0.25, -0.2) is 0 Å². The van der Waals surface area contributed by atoms with Crippen LogP contribution in [0.4, 0.5) is 0 Å². The van der Waals surface area contributed by atoms with E-state index >= 15 is 0 Å². The molecule has 2 N–H and O–H groups in total. The van der Waals surface area contributed by atoms with Crippen LogP contribution < -0.4 is 0 Å². The summed E-state index contributed by atoms with van der Waals surface area (Å²) in [7, 11) is 0. The number of aliphatic carboxylic acids is 2. The summed E-state index contributed by atoms with van der Waals surface area (Å²) in [5.41, 5.74) is -3.26. The molecule has 0 aliphatic carbocycles. The summed E-state index contributed by atoms with van der Waals surface area (Å²) in [6.45, 7) is 19.3. The highest BCUT2D eigenvalue weighted by Crippen LogP contribution is 2.60. The molecule has 0 bridgehead atoms. The Morgan fingerprint density at radius 3 is 0.958 bits per heavy atom. The van der Waals surface area contributed by atoms with Crippen LogP contribution in [0.15, 0.2) is 0 Å². The van der Waals surface area contributed by atoms with Crippen LogP contribution in [0.5, 0.6) is 0 Å². The van der Waals surface area contributed by atoms with Crippen LogP contribution in [0.2, 0.25) is 0 Å². The molecule has 0 aliphatic heterocycles. The third kappa shape index (κ3) is 4.31. The highest BCUT2D eigenvalue weighted by molar-refractivity contribution is 5.87. The number of carboxylic acids is 2. The van der Waals surface area contributed by atoms with Crippen LogP contribution in [0.3, 0.4) is 0 Å². The predicted octanol–water partition coefficient (Wildman–Crippen LogP) is 5.31. The van der Waals surface area contributed by atoms with Crippen LogP contribution in [0.25, 0.3) is 0 Å². The van der Waals surface area contributed by atoms with Gasteiger partial charge in [-0.2, -0.15) is 0 Å². The first-order chi connectivity index (χ1) is 10.4. The highest BCUT2D eigenvalue weighted by Gasteiger charge is 2.65. The molecule has 0 heterocycles. The molecule has 0 aromatic carbocycles. The molecule has 4 heteroatoms. The zero-order chi connectivity index (χ0) is 19.7. The largest absolute Gasteiger partial charge is 0.481 e. The average Bonchev–Trinajstić information content (AvgIpc) is 2.29. The van der Waals surface area contributed by atoms with Gasteiger partial charge in [0, 0.05) is 0 Å². The molecule has 2 unspecified atom stereocenters. The molecule has 4 nitrogen and oxygen atoms in total. The first kappa shape index (κ1) is 22.9. The van der Waals surface area contributed by atoms with Crippen molar-refractivity contribution in [2.24, 2.45) is 33.5 Å². The fourth-order valence-electron chi connectivity index (χ4n) is 4.45. The summed E-state index contributed by atoms with van der Waals surface area (Å²) in [6.07, 6.45) is 0.654. The van der Waals surface area contributed by atoms with Crippen molar-refractivity contribution in [2.45, 2.75) is 82.1 Å². The zero-order valence-electron chi connectivity index (χ0n) is 17.3. The molecule has 142 valence electrons. The lowest BCUT2D eigenvalue weighted by atomic mass is 9.46. The second-order valence-electron chi connectivity index (χ2n) is 10.3. The lowest BCUT2D eigenvalue weighted by Crippen LogP contribution is -2.60. The minimum absolute atomic E-state index is 0.296. The fourth-order valence-corrected chi connectivity index (χ4v) is 4.45. The van der Waals surface area contributed by atoms with E-state index in [4.69, 9.17) is 0 Å². The van der Waals surface area contributed by atoms with E-state index in [9.17, 15) is 19.8 Å². The topological polar surface area (TPSA) is 74.6 Å². The van der Waals surface area contributed by atoms with E-state index in [-0.39, 0.29) is 22.7 Å². The van der Waals surface area contributed by atoms with Gasteiger partial charge >= 0.3 is 11.9 Å². The maximum atomic E-state index is 12.6. The molecule has 24 heavy (non-hydrogen) atoms. The molecule has 0 aromatic heterocycles. The van der Waals surface area contributed by atoms with Crippen molar-refractivity contribution in [1.29, 1.82) is 0 Å². The normalized spacial score (nSPS) is 18.3. The molecule has 0 fully saturated rings. The van der Waals surface area contributed by atoms with Gasteiger partial charge in [0.1, 0.15) is 0 Å². The molecule has 0 radical (unpaired) electrons. The molecule has 0 aliphatic rings. The van der Waals surface area contributed by atoms with E-state index in [0.717, 1.165) is 0 Å². The van der Waals surface area contributed by atoms with Crippen LogP contribution in [0.1, 0.15) is 82.1 Å². The summed E-state index contributed by atoms with van der Waals surface area (Å²) in [5.74, 6) is -2.58. The Labute approximate surface area is 148 Å². The third-order valence-electron chi connectivity index (χ3n) is 5.15. The molecule has 0 saturated carbocycles. The first-order valence-electron chi connectivity index (χ1n) is 8.91. The molecule has 0 amide bonds. The van der Waals surface area contributed by atoms with Gasteiger partial charge in [0.05, 0.1) is 10.8 Å². The van der Waals surface area contributed by atoms with Gasteiger partial charge in [-0.1, -0.05) is 69.2 Å². The zero-order valence-corrected chi connectivity index (χ0v) is 17.3. The number of hydrogen-bond donors (Lipinski definition) is 2. The summed E-state index contributed by atoms with van der Waals surface area (Å²) in [6, 6.07) is 0. The van der Waals surface area contributed by atoms with E-state index in [1.165, 1.54) is 0 Å². The Hall–Kier alpha value is -1.06. The van der Waals surface area contributed by atoms with Gasteiger partial charge in [-0.05, 0) is 35.5 Å². The molecule has 0 rings (SSSR count). The summed E-state index contributed by atoms with van der Waals surface area (Å²) in [4.78, 5) is 25.2. The summed E-state index contributed by atoms with van der Waals surface area (Å²) in [5, 5.41) is 20.6. The Morgan fingerprint density at radius 1 is 0.667 bits per heavy atom. The van der Waals surface area contributed by atoms with Crippen LogP contribution in [0, 0.1) is 33.5 Å². The van der Waals surface area contributed by atoms with Crippen LogP contribution in [-0.2, 0) is 9.59 Å². The fraction of sp³-hybridized carbons (Fsp3) is 0.900. The van der Waals surface area contributed by atoms with Crippen molar-refractivity contribution in [3.8, 4) is 0 Å². The third-order valence-corrected chi connectivity index (χ3v) is 5.15. The molecular weight excluding hydrogens is 304 g/mol. The van der Waals surface area contributed by atoms with E-state index in [1.807, 2.05) is 69.2 Å². The predicted molar refractivity (Wildman–Crippen MR) is 98.0 cm³/mol. The van der Waals surface area contributed by atoms with Crippen molar-refractivity contribution < 1.29 is 19.8 Å². The SMILES string of the molecule is CC(C)C(CC(C)(C)C)(C(=O)O)C(CC(C)(C)C)(C(=O)O)C(C)C. The first-order valence-corrected chi connectivity index (χ1v) is 8.91. The van der Waals surface area contributed by atoms with Crippen molar-refractivity contribution in [1.82, 2.24) is 0 Å². The second-order valence-corrected chi connectivity index (χ2v) is 10.3. The Kier molecular flexibility index (Phi) is 6.74. The van der Waals surface area contributed by atoms with Crippen molar-refractivity contribution >= 4 is 11.9 Å². The molecule has 0 spiro atoms. The Morgan fingerprint density at radius 2 is 0.875 bits per heavy atom. The summed E-state index contributed by atoms with van der Waals surface area (Å²) >= 11 is 0. The molecule has 2 atom stereocenters. The average molecular weight is 343 g/mol. The van der Waals surface area contributed by atoms with Crippen LogP contribution in [-0.4, -0.2) is 22.2 Å². The van der Waals surface area contributed by atoms with E-state index in [0.29, 0.717) is 12.8 Å². The van der Waals surface area contributed by atoms with Crippen molar-refractivity contribution in [3.63, 3.8) is 0 Å². The molecular formula is C20H38O4. The van der Waals surface area contributed by atoms with Gasteiger partial charge in [0.2, 0.25) is 0 Å². The minimum Gasteiger partial charge on any atom is -0.481 e. The lowest BCUT2D eigenvalue weighted by Gasteiger charge is -2.54. The van der Waals surface area contributed by atoms with Gasteiger partial charge in [-0.3, -0.25) is 9.59 Å². The minimum atomic E-state index is -1.33. The highest BCUT2D eigenvalue weighted by atomic mass is 16.4. The van der Waals surface area contributed by atoms with E-state index in [1.54, 1.807) is 0 Å². The lowest BCUT2D eigenvalue weighted by molar-refractivity contribution is -0.194. The van der Waals surface area contributed by atoms with E-state index in [2.05, 4.69) is 0 Å². The van der Waals surface area contributed by atoms with Gasteiger partial charge in [0.25, 0.3) is 0 Å². The van der Waals surface area contributed by atoms with Gasteiger partial charge in [0.15, 0.2) is 0 Å². The maximum Gasteiger partial charge on any atom is 0.311 e. The Bertz CT molecular complexity index is 421. The monoisotopic (exact) mass is 342 g/mol. The smallest absolute Gasteiger partial charge is 0.311 e. The number of carbonyl (C=O) groups is 2. The Balaban J connectivity index is 6.91. The summed E-state index contributed by atoms with van der Waals surface area (Å²) < 4.78 is 0. The van der Waals surface area contributed by atoms with Crippen molar-refractivity contribution in [3.05, 3.63) is 0 Å². The standard InChI is InChI=1S/C20H38O4/c1-13(2)19(15(21)22,11-17(5,6)7)20(14(3)4,16(23)24)12-18(8,9)10/h13-14H,11-12H2,1-10H3,(H,21,22)(H,23,24). The maximum absolute atomic E-state index is 12.6. The van der Waals surface area contributed by atoms with E-state index < -0.39 is 22.8 Å². The number of hydrogen-bond acceptors (Lipinski definition) is 2. The molecule has 0 saturated heterocycles. The molecule has 0 aromatic rings. The quantitative estimate of drug-likeness (QED) is 0.657. The second kappa shape index (κ2) is 7.05. The van der Waals surface area contributed by atoms with Crippen LogP contribution >= 0.6 is 0 Å². The number of rotatable bonds is 7. The number of carboxylic acid groups (broad SMARTS) is 2. The van der Waals surface area contributed by atoms with Crippen molar-refractivity contribution in [2.75, 3.05) is 0 Å².